The number of rotatable bonds is 4. The Kier molecular flexibility index (Phi) is 5.80. The lowest BCUT2D eigenvalue weighted by atomic mass is 10.1. The van der Waals surface area contributed by atoms with Crippen LogP contribution in [0.2, 0.25) is 18.1 Å². The van der Waals surface area contributed by atoms with Gasteiger partial charge in [0.15, 0.2) is 14.5 Å². The lowest BCUT2D eigenvalue weighted by Gasteiger charge is -2.39. The average molecular weight is 468 g/mol. The molecule has 1 aliphatic rings. The van der Waals surface area contributed by atoms with Crippen LogP contribution in [-0.4, -0.2) is 45.7 Å². The number of alkyl halides is 1. The van der Waals surface area contributed by atoms with Gasteiger partial charge in [0.1, 0.15) is 12.2 Å². The van der Waals surface area contributed by atoms with Crippen molar-refractivity contribution >= 4 is 30.9 Å². The minimum Gasteiger partial charge on any atom is -0.408 e. The third kappa shape index (κ3) is 3.84. The monoisotopic (exact) mass is 468 g/mol. The Labute approximate surface area is 155 Å². The number of hydrogen-bond donors (Lipinski definition) is 2. The third-order valence-electron chi connectivity index (χ3n) is 4.82. The summed E-state index contributed by atoms with van der Waals surface area (Å²) in [5.74, 6) is 0. The van der Waals surface area contributed by atoms with E-state index < -0.39 is 38.0 Å². The number of H-pyrrole nitrogens is 1. The molecule has 0 aromatic carbocycles. The molecule has 24 heavy (non-hydrogen) atoms. The first kappa shape index (κ1) is 19.8. The molecule has 136 valence electrons. The van der Waals surface area contributed by atoms with Gasteiger partial charge in [-0.15, -0.1) is 0 Å². The Balaban J connectivity index is 2.31. The molecule has 1 aromatic rings. The van der Waals surface area contributed by atoms with Crippen molar-refractivity contribution in [1.82, 2.24) is 9.55 Å². The molecule has 0 radical (unpaired) electrons. The summed E-state index contributed by atoms with van der Waals surface area (Å²) in [4.78, 5) is 25.4. The molecule has 0 saturated carbocycles. The molecule has 2 rings (SSSR count). The SMILES string of the molecule is CC(C)(C)[Si](C)(C)OC1[C@@H](O)[C@H](n2ccc(=O)[nH]c2=O)O[C@@H]1CI. The molecule has 1 aromatic heterocycles. The number of aromatic amines is 1. The molecule has 1 unspecified atom stereocenters. The largest absolute Gasteiger partial charge is 0.408 e. The zero-order valence-corrected chi connectivity index (χ0v) is 17.7. The van der Waals surface area contributed by atoms with E-state index >= 15 is 0 Å². The number of nitrogens with zero attached hydrogens (tertiary/aromatic N) is 1. The second-order valence-electron chi connectivity index (χ2n) is 7.57. The van der Waals surface area contributed by atoms with Crippen molar-refractivity contribution in [3.8, 4) is 0 Å². The normalized spacial score (nSPS) is 28.3. The molecule has 1 aliphatic heterocycles. The van der Waals surface area contributed by atoms with Crippen molar-refractivity contribution in [3.63, 3.8) is 0 Å². The predicted octanol–water partition coefficient (Wildman–Crippen LogP) is 1.62. The first-order valence-electron chi connectivity index (χ1n) is 7.87. The first-order valence-corrected chi connectivity index (χ1v) is 12.3. The fraction of sp³-hybridized carbons (Fsp3) is 0.733. The van der Waals surface area contributed by atoms with E-state index in [2.05, 4.69) is 61.4 Å². The smallest absolute Gasteiger partial charge is 0.330 e. The second kappa shape index (κ2) is 7.02. The second-order valence-corrected chi connectivity index (χ2v) is 13.2. The van der Waals surface area contributed by atoms with E-state index in [1.165, 1.54) is 16.8 Å². The molecule has 7 nitrogen and oxygen atoms in total. The Morgan fingerprint density at radius 2 is 2.04 bits per heavy atom. The van der Waals surface area contributed by atoms with Gasteiger partial charge in [0, 0.05) is 16.7 Å². The molecule has 1 saturated heterocycles. The molecular formula is C15H25IN2O5Si. The summed E-state index contributed by atoms with van der Waals surface area (Å²) in [5, 5.41) is 10.7. The Morgan fingerprint density at radius 1 is 1.42 bits per heavy atom. The Bertz CT molecular complexity index is 696. The topological polar surface area (TPSA) is 93.5 Å². The predicted molar refractivity (Wildman–Crippen MR) is 102 cm³/mol. The van der Waals surface area contributed by atoms with Crippen LogP contribution in [0.5, 0.6) is 0 Å². The summed E-state index contributed by atoms with van der Waals surface area (Å²) in [5.41, 5.74) is -1.09. The van der Waals surface area contributed by atoms with E-state index in [9.17, 15) is 14.7 Å². The van der Waals surface area contributed by atoms with E-state index in [1.54, 1.807) is 0 Å². The third-order valence-corrected chi connectivity index (χ3v) is 10.2. The van der Waals surface area contributed by atoms with Crippen LogP contribution in [-0.2, 0) is 9.16 Å². The first-order chi connectivity index (χ1) is 11.0. The zero-order chi connectivity index (χ0) is 18.3. The lowest BCUT2D eigenvalue weighted by Crippen LogP contribution is -2.49. The van der Waals surface area contributed by atoms with Crippen molar-refractivity contribution in [3.05, 3.63) is 33.1 Å². The number of ether oxygens (including phenoxy) is 1. The molecule has 9 heteroatoms. The van der Waals surface area contributed by atoms with Crippen molar-refractivity contribution in [2.75, 3.05) is 4.43 Å². The van der Waals surface area contributed by atoms with Crippen LogP contribution in [0.1, 0.15) is 27.0 Å². The van der Waals surface area contributed by atoms with Gasteiger partial charge in [-0.3, -0.25) is 14.3 Å². The molecule has 4 atom stereocenters. The van der Waals surface area contributed by atoms with Gasteiger partial charge in [0.25, 0.3) is 5.56 Å². The van der Waals surface area contributed by atoms with Crippen LogP contribution >= 0.6 is 22.6 Å². The van der Waals surface area contributed by atoms with Gasteiger partial charge in [0.2, 0.25) is 0 Å². The van der Waals surface area contributed by atoms with Crippen LogP contribution in [0.25, 0.3) is 0 Å². The summed E-state index contributed by atoms with van der Waals surface area (Å²) < 4.78 is 14.1. The van der Waals surface area contributed by atoms with E-state index in [4.69, 9.17) is 9.16 Å². The summed E-state index contributed by atoms with van der Waals surface area (Å²) >= 11 is 2.18. The molecule has 0 amide bonds. The van der Waals surface area contributed by atoms with E-state index in [1.807, 2.05) is 0 Å². The standard InChI is InChI=1S/C15H25IN2O5Si/c1-15(2,3)24(4,5)23-12-9(8-16)22-13(11(12)20)18-7-6-10(19)17-14(18)21/h6-7,9,11-13,20H,8H2,1-5H3,(H,17,19,21)/t9-,11-,12?,13-/m1/s1. The fourth-order valence-corrected chi connectivity index (χ4v) is 4.40. The zero-order valence-electron chi connectivity index (χ0n) is 14.6. The maximum atomic E-state index is 12.0. The van der Waals surface area contributed by atoms with E-state index in [-0.39, 0.29) is 11.1 Å². The maximum absolute atomic E-state index is 12.0. The average Bonchev–Trinajstić information content (AvgIpc) is 2.74. The van der Waals surface area contributed by atoms with Gasteiger partial charge in [-0.25, -0.2) is 4.79 Å². The number of aliphatic hydroxyl groups is 1. The quantitative estimate of drug-likeness (QED) is 0.398. The highest BCUT2D eigenvalue weighted by Crippen LogP contribution is 2.41. The van der Waals surface area contributed by atoms with Crippen LogP contribution in [0.15, 0.2) is 21.9 Å². The summed E-state index contributed by atoms with van der Waals surface area (Å²) in [6.45, 7) is 10.6. The van der Waals surface area contributed by atoms with E-state index in [0.29, 0.717) is 4.43 Å². The minimum atomic E-state index is -2.11. The molecule has 2 heterocycles. The van der Waals surface area contributed by atoms with Crippen molar-refractivity contribution in [2.45, 2.75) is 63.4 Å². The number of nitrogens with one attached hydrogen (secondary N) is 1. The highest BCUT2D eigenvalue weighted by Gasteiger charge is 2.50. The highest BCUT2D eigenvalue weighted by molar-refractivity contribution is 14.1. The molecule has 0 bridgehead atoms. The number of hydrogen-bond acceptors (Lipinski definition) is 5. The van der Waals surface area contributed by atoms with Gasteiger partial charge in [0.05, 0.1) is 6.10 Å². The van der Waals surface area contributed by atoms with Gasteiger partial charge < -0.3 is 14.3 Å². The number of aliphatic hydroxyl groups excluding tert-OH is 1. The van der Waals surface area contributed by atoms with Crippen molar-refractivity contribution < 1.29 is 14.3 Å². The van der Waals surface area contributed by atoms with Crippen LogP contribution in [0.3, 0.4) is 0 Å². The molecule has 2 N–H and O–H groups in total. The molecule has 0 aliphatic carbocycles. The van der Waals surface area contributed by atoms with E-state index in [0.717, 1.165) is 0 Å². The Morgan fingerprint density at radius 3 is 2.54 bits per heavy atom. The van der Waals surface area contributed by atoms with Crippen LogP contribution in [0, 0.1) is 0 Å². The van der Waals surface area contributed by atoms with Crippen LogP contribution in [0.4, 0.5) is 0 Å². The van der Waals surface area contributed by atoms with Gasteiger partial charge in [-0.2, -0.15) is 0 Å². The molecule has 0 spiro atoms. The Hall–Kier alpha value is -0.493. The summed E-state index contributed by atoms with van der Waals surface area (Å²) in [6.07, 6.45) is -1.34. The van der Waals surface area contributed by atoms with Crippen molar-refractivity contribution in [2.24, 2.45) is 0 Å². The highest BCUT2D eigenvalue weighted by atomic mass is 127. The maximum Gasteiger partial charge on any atom is 0.330 e. The van der Waals surface area contributed by atoms with Gasteiger partial charge >= 0.3 is 5.69 Å². The number of aromatic nitrogens is 2. The summed E-state index contributed by atoms with van der Waals surface area (Å²) in [7, 11) is -2.11. The van der Waals surface area contributed by atoms with Crippen LogP contribution < -0.4 is 11.2 Å². The fourth-order valence-electron chi connectivity index (χ4n) is 2.36. The summed E-state index contributed by atoms with van der Waals surface area (Å²) in [6, 6.07) is 1.23. The molecule has 1 fully saturated rings. The van der Waals surface area contributed by atoms with Gasteiger partial charge in [-0.1, -0.05) is 43.4 Å². The van der Waals surface area contributed by atoms with Crippen molar-refractivity contribution in [1.29, 1.82) is 0 Å². The minimum absolute atomic E-state index is 0.00451. The molecular weight excluding hydrogens is 443 g/mol. The lowest BCUT2D eigenvalue weighted by molar-refractivity contribution is -0.0334. The number of halogens is 1. The van der Waals surface area contributed by atoms with Gasteiger partial charge in [-0.05, 0) is 18.1 Å².